The lowest BCUT2D eigenvalue weighted by Crippen LogP contribution is -2.59. The van der Waals surface area contributed by atoms with Crippen molar-refractivity contribution in [1.29, 1.82) is 0 Å². The minimum absolute atomic E-state index is 0.0236. The first-order chi connectivity index (χ1) is 14.1. The molecule has 0 aliphatic carbocycles. The summed E-state index contributed by atoms with van der Waals surface area (Å²) in [6.45, 7) is 1.65. The molecule has 4 N–H and O–H groups in total. The summed E-state index contributed by atoms with van der Waals surface area (Å²) in [6.07, 6.45) is -4.55. The molecule has 0 aromatic carbocycles. The van der Waals surface area contributed by atoms with Gasteiger partial charge >= 0.3 is 12.1 Å². The molecule has 2 aliphatic heterocycles. The van der Waals surface area contributed by atoms with E-state index in [1.54, 1.807) is 0 Å². The van der Waals surface area contributed by atoms with Gasteiger partial charge in [-0.05, 0) is 31.8 Å². The number of hydrogen-bond acceptors (Lipinski definition) is 8. The number of hydrogen-bond donors (Lipinski definition) is 4. The van der Waals surface area contributed by atoms with Crippen LogP contribution in [0.2, 0.25) is 0 Å². The first-order valence-electron chi connectivity index (χ1n) is 9.73. The number of nitrogens with zero attached hydrogens (tertiary/aromatic N) is 3. The van der Waals surface area contributed by atoms with E-state index in [2.05, 4.69) is 15.3 Å². The molecule has 2 saturated heterocycles. The standard InChI is InChI=1S/C18H25F3N4O5/c19-18(20,21)12-7-22-8-13(23-12)24-15-16(29)11(26)9-30-17(15)10-1-4-25(5-2-10)6-3-14(27)28/h7-8,10-11,15-17,26,29H,1-6,9H2,(H,23,24)(H,27,28)/t11-,15+,16-,17?/m0/s1. The van der Waals surface area contributed by atoms with Gasteiger partial charge in [0, 0.05) is 6.54 Å². The molecule has 0 bridgehead atoms. The van der Waals surface area contributed by atoms with E-state index >= 15 is 0 Å². The fourth-order valence-corrected chi connectivity index (χ4v) is 3.94. The Morgan fingerprint density at radius 3 is 2.60 bits per heavy atom. The summed E-state index contributed by atoms with van der Waals surface area (Å²) in [5.41, 5.74) is -1.16. The van der Waals surface area contributed by atoms with Gasteiger partial charge in [0.1, 0.15) is 18.0 Å². The SMILES string of the molecule is O=C(O)CCN1CCC(C2OC[C@H](O)[C@H](O)[C@H]2Nc2cncc(C(F)(F)F)n2)CC1. The van der Waals surface area contributed by atoms with Crippen LogP contribution in [0, 0.1) is 5.92 Å². The van der Waals surface area contributed by atoms with Crippen molar-refractivity contribution in [2.75, 3.05) is 31.6 Å². The van der Waals surface area contributed by atoms with Crippen molar-refractivity contribution in [1.82, 2.24) is 14.9 Å². The van der Waals surface area contributed by atoms with E-state index < -0.39 is 42.2 Å². The third kappa shape index (κ3) is 5.56. The third-order valence-electron chi connectivity index (χ3n) is 5.55. The Kier molecular flexibility index (Phi) is 7.11. The predicted molar refractivity (Wildman–Crippen MR) is 97.6 cm³/mol. The van der Waals surface area contributed by atoms with Gasteiger partial charge in [-0.15, -0.1) is 0 Å². The number of ether oxygens (including phenoxy) is 1. The van der Waals surface area contributed by atoms with Crippen molar-refractivity contribution in [2.24, 2.45) is 5.92 Å². The minimum atomic E-state index is -4.66. The van der Waals surface area contributed by atoms with Gasteiger partial charge in [0.2, 0.25) is 0 Å². The van der Waals surface area contributed by atoms with E-state index in [9.17, 15) is 28.2 Å². The van der Waals surface area contributed by atoms with Crippen LogP contribution in [0.5, 0.6) is 0 Å². The molecule has 0 spiro atoms. The number of halogens is 3. The van der Waals surface area contributed by atoms with E-state index in [0.717, 1.165) is 6.20 Å². The normalized spacial score (nSPS) is 29.0. The zero-order chi connectivity index (χ0) is 21.9. The molecule has 4 atom stereocenters. The highest BCUT2D eigenvalue weighted by Gasteiger charge is 2.43. The van der Waals surface area contributed by atoms with E-state index in [0.29, 0.717) is 38.7 Å². The van der Waals surface area contributed by atoms with Gasteiger partial charge in [-0.2, -0.15) is 13.2 Å². The summed E-state index contributed by atoms with van der Waals surface area (Å²) in [6, 6.07) is -0.873. The zero-order valence-electron chi connectivity index (χ0n) is 16.1. The van der Waals surface area contributed by atoms with Crippen LogP contribution in [0.3, 0.4) is 0 Å². The number of carboxylic acids is 1. The number of anilines is 1. The maximum atomic E-state index is 12.9. The summed E-state index contributed by atoms with van der Waals surface area (Å²) < 4.78 is 44.5. The van der Waals surface area contributed by atoms with Crippen LogP contribution in [0.1, 0.15) is 25.0 Å². The van der Waals surface area contributed by atoms with Crippen LogP contribution >= 0.6 is 0 Å². The average Bonchev–Trinajstić information content (AvgIpc) is 2.70. The lowest BCUT2D eigenvalue weighted by atomic mass is 9.82. The molecular weight excluding hydrogens is 409 g/mol. The van der Waals surface area contributed by atoms with Crippen molar-refractivity contribution < 1.29 is 38.0 Å². The van der Waals surface area contributed by atoms with Gasteiger partial charge in [0.15, 0.2) is 5.69 Å². The monoisotopic (exact) mass is 434 g/mol. The maximum Gasteiger partial charge on any atom is 0.434 e. The highest BCUT2D eigenvalue weighted by atomic mass is 19.4. The summed E-state index contributed by atoms with van der Waals surface area (Å²) in [5, 5.41) is 32.1. The number of nitrogens with one attached hydrogen (secondary N) is 1. The molecule has 2 aliphatic rings. The maximum absolute atomic E-state index is 12.9. The number of alkyl halides is 3. The van der Waals surface area contributed by atoms with Gasteiger partial charge in [0.05, 0.1) is 37.6 Å². The van der Waals surface area contributed by atoms with Gasteiger partial charge in [-0.1, -0.05) is 0 Å². The Morgan fingerprint density at radius 1 is 1.27 bits per heavy atom. The van der Waals surface area contributed by atoms with Crippen molar-refractivity contribution in [3.63, 3.8) is 0 Å². The number of aromatic nitrogens is 2. The summed E-state index contributed by atoms with van der Waals surface area (Å²) >= 11 is 0. The summed E-state index contributed by atoms with van der Waals surface area (Å²) in [7, 11) is 0. The molecule has 0 radical (unpaired) electrons. The average molecular weight is 434 g/mol. The van der Waals surface area contributed by atoms with Gasteiger partial charge < -0.3 is 30.3 Å². The molecule has 168 valence electrons. The van der Waals surface area contributed by atoms with E-state index in [1.165, 1.54) is 0 Å². The van der Waals surface area contributed by atoms with Crippen molar-refractivity contribution in [3.8, 4) is 0 Å². The Morgan fingerprint density at radius 2 is 1.97 bits per heavy atom. The Bertz CT molecular complexity index is 730. The number of rotatable bonds is 6. The summed E-state index contributed by atoms with van der Waals surface area (Å²) in [4.78, 5) is 19.8. The number of aliphatic carboxylic acids is 1. The Labute approximate surface area is 170 Å². The molecular formula is C18H25F3N4O5. The van der Waals surface area contributed by atoms with E-state index in [-0.39, 0.29) is 24.8 Å². The fraction of sp³-hybridized carbons (Fsp3) is 0.722. The van der Waals surface area contributed by atoms with Crippen LogP contribution in [0.4, 0.5) is 19.0 Å². The zero-order valence-corrected chi connectivity index (χ0v) is 16.1. The smallest absolute Gasteiger partial charge is 0.434 e. The first-order valence-corrected chi connectivity index (χ1v) is 9.73. The number of aliphatic hydroxyl groups is 2. The number of carboxylic acid groups (broad SMARTS) is 1. The number of carbonyl (C=O) groups is 1. The van der Waals surface area contributed by atoms with Crippen LogP contribution in [0.15, 0.2) is 12.4 Å². The van der Waals surface area contributed by atoms with Gasteiger partial charge in [-0.25, -0.2) is 4.98 Å². The third-order valence-corrected chi connectivity index (χ3v) is 5.55. The Balaban J connectivity index is 1.69. The van der Waals surface area contributed by atoms with Crippen molar-refractivity contribution in [2.45, 2.75) is 49.8 Å². The van der Waals surface area contributed by atoms with E-state index in [4.69, 9.17) is 9.84 Å². The van der Waals surface area contributed by atoms with Crippen molar-refractivity contribution >= 4 is 11.8 Å². The van der Waals surface area contributed by atoms with Crippen LogP contribution in [-0.2, 0) is 15.7 Å². The van der Waals surface area contributed by atoms with Crippen LogP contribution in [0.25, 0.3) is 0 Å². The first kappa shape index (κ1) is 22.7. The van der Waals surface area contributed by atoms with Crippen LogP contribution in [-0.4, -0.2) is 86.8 Å². The van der Waals surface area contributed by atoms with Gasteiger partial charge in [0.25, 0.3) is 0 Å². The second kappa shape index (κ2) is 9.41. The molecule has 0 saturated carbocycles. The molecule has 9 nitrogen and oxygen atoms in total. The van der Waals surface area contributed by atoms with Crippen molar-refractivity contribution in [3.05, 3.63) is 18.1 Å². The largest absolute Gasteiger partial charge is 0.481 e. The lowest BCUT2D eigenvalue weighted by molar-refractivity contribution is -0.149. The van der Waals surface area contributed by atoms with Crippen LogP contribution < -0.4 is 5.32 Å². The highest BCUT2D eigenvalue weighted by molar-refractivity contribution is 5.66. The number of aliphatic hydroxyl groups excluding tert-OH is 2. The van der Waals surface area contributed by atoms with E-state index in [1.807, 2.05) is 4.90 Å². The molecule has 3 heterocycles. The topological polar surface area (TPSA) is 128 Å². The summed E-state index contributed by atoms with van der Waals surface area (Å²) in [5.74, 6) is -1.06. The number of likely N-dealkylation sites (tertiary alicyclic amines) is 1. The second-order valence-electron chi connectivity index (χ2n) is 7.64. The minimum Gasteiger partial charge on any atom is -0.481 e. The molecule has 12 heteroatoms. The second-order valence-corrected chi connectivity index (χ2v) is 7.64. The highest BCUT2D eigenvalue weighted by Crippen LogP contribution is 2.32. The molecule has 2 fully saturated rings. The molecule has 1 unspecified atom stereocenters. The predicted octanol–water partition coefficient (Wildman–Crippen LogP) is 0.583. The molecule has 1 aromatic rings. The molecule has 1 aromatic heterocycles. The number of piperidine rings is 1. The van der Waals surface area contributed by atoms with Gasteiger partial charge in [-0.3, -0.25) is 9.78 Å². The molecule has 3 rings (SSSR count). The molecule has 30 heavy (non-hydrogen) atoms. The Hall–Kier alpha value is -2.02. The molecule has 0 amide bonds. The quantitative estimate of drug-likeness (QED) is 0.508. The fourth-order valence-electron chi connectivity index (χ4n) is 3.94. The lowest BCUT2D eigenvalue weighted by Gasteiger charge is -2.44.